The van der Waals surface area contributed by atoms with Crippen LogP contribution in [0.3, 0.4) is 0 Å². The molecule has 0 aliphatic heterocycles. The molecule has 1 aliphatic carbocycles. The number of phenolic OH excluding ortho intramolecular Hbond substituents is 1. The van der Waals surface area contributed by atoms with E-state index in [9.17, 15) is 5.11 Å². The van der Waals surface area contributed by atoms with E-state index in [0.29, 0.717) is 17.4 Å². The number of nitrogens with zero attached hydrogens (tertiary/aromatic N) is 2. The summed E-state index contributed by atoms with van der Waals surface area (Å²) in [6.07, 6.45) is 3.52. The van der Waals surface area contributed by atoms with Crippen molar-refractivity contribution in [2.75, 3.05) is 0 Å². The fourth-order valence-corrected chi connectivity index (χ4v) is 2.00. The first-order chi connectivity index (χ1) is 8.24. The van der Waals surface area contributed by atoms with Crippen LogP contribution < -0.4 is 0 Å². The number of benzene rings is 1. The van der Waals surface area contributed by atoms with Gasteiger partial charge < -0.3 is 9.63 Å². The Morgan fingerprint density at radius 2 is 2.18 bits per heavy atom. The van der Waals surface area contributed by atoms with Gasteiger partial charge in [0, 0.05) is 5.92 Å². The molecule has 1 fully saturated rings. The molecular weight excluding hydrogens is 216 g/mol. The molecule has 4 heteroatoms. The number of aromatic nitrogens is 2. The van der Waals surface area contributed by atoms with Gasteiger partial charge in [0.25, 0.3) is 5.89 Å². The minimum absolute atomic E-state index is 0.189. The second-order valence-electron chi connectivity index (χ2n) is 4.61. The van der Waals surface area contributed by atoms with Gasteiger partial charge in [-0.3, -0.25) is 0 Å². The summed E-state index contributed by atoms with van der Waals surface area (Å²) in [7, 11) is 0. The van der Waals surface area contributed by atoms with Crippen LogP contribution in [0.5, 0.6) is 5.75 Å². The summed E-state index contributed by atoms with van der Waals surface area (Å²) in [5.41, 5.74) is 1.61. The molecular formula is C13H14N2O2. The Kier molecular flexibility index (Phi) is 2.35. The van der Waals surface area contributed by atoms with Crippen LogP contribution in [0.25, 0.3) is 11.5 Å². The third-order valence-electron chi connectivity index (χ3n) is 3.30. The molecule has 1 aliphatic rings. The second-order valence-corrected chi connectivity index (χ2v) is 4.61. The third kappa shape index (κ3) is 1.79. The molecule has 1 aromatic carbocycles. The Hall–Kier alpha value is -1.84. The lowest BCUT2D eigenvalue weighted by molar-refractivity contribution is 0.365. The van der Waals surface area contributed by atoms with Crippen LogP contribution >= 0.6 is 0 Å². The minimum atomic E-state index is 0.189. The van der Waals surface area contributed by atoms with Crippen LogP contribution in [0, 0.1) is 6.92 Å². The van der Waals surface area contributed by atoms with Crippen molar-refractivity contribution in [1.29, 1.82) is 0 Å². The summed E-state index contributed by atoms with van der Waals surface area (Å²) in [5, 5.41) is 13.8. The normalized spacial score (nSPS) is 15.8. The Balaban J connectivity index is 1.94. The SMILES string of the molecule is Cc1ccc(-c2nc(C3CCC3)no2)c(O)c1. The zero-order chi connectivity index (χ0) is 11.8. The molecule has 0 saturated heterocycles. The molecule has 0 amide bonds. The first kappa shape index (κ1) is 10.3. The van der Waals surface area contributed by atoms with Gasteiger partial charge in [-0.1, -0.05) is 17.6 Å². The molecule has 1 N–H and O–H groups in total. The monoisotopic (exact) mass is 230 g/mol. The highest BCUT2D eigenvalue weighted by Crippen LogP contribution is 2.36. The van der Waals surface area contributed by atoms with Crippen LogP contribution in [0.2, 0.25) is 0 Å². The van der Waals surface area contributed by atoms with E-state index in [-0.39, 0.29) is 5.75 Å². The molecule has 0 atom stereocenters. The van der Waals surface area contributed by atoms with Gasteiger partial charge in [-0.05, 0) is 37.5 Å². The van der Waals surface area contributed by atoms with E-state index in [2.05, 4.69) is 10.1 Å². The molecule has 0 spiro atoms. The largest absolute Gasteiger partial charge is 0.507 e. The predicted octanol–water partition coefficient (Wildman–Crippen LogP) is 3.02. The molecule has 1 heterocycles. The molecule has 1 saturated carbocycles. The average molecular weight is 230 g/mol. The Morgan fingerprint density at radius 1 is 1.35 bits per heavy atom. The van der Waals surface area contributed by atoms with Crippen LogP contribution in [0.1, 0.15) is 36.6 Å². The van der Waals surface area contributed by atoms with Crippen LogP contribution in [-0.4, -0.2) is 15.2 Å². The molecule has 0 bridgehead atoms. The third-order valence-corrected chi connectivity index (χ3v) is 3.30. The zero-order valence-corrected chi connectivity index (χ0v) is 9.68. The summed E-state index contributed by atoms with van der Waals surface area (Å²) in [5.74, 6) is 1.81. The Labute approximate surface area is 99.3 Å². The highest BCUT2D eigenvalue weighted by Gasteiger charge is 2.25. The molecule has 88 valence electrons. The van der Waals surface area contributed by atoms with Gasteiger partial charge in [0.15, 0.2) is 5.82 Å². The predicted molar refractivity (Wildman–Crippen MR) is 62.7 cm³/mol. The van der Waals surface area contributed by atoms with Gasteiger partial charge in [-0.15, -0.1) is 0 Å². The van der Waals surface area contributed by atoms with Crippen LogP contribution in [-0.2, 0) is 0 Å². The van der Waals surface area contributed by atoms with Crippen molar-refractivity contribution in [3.63, 3.8) is 0 Å². The van der Waals surface area contributed by atoms with E-state index < -0.39 is 0 Å². The van der Waals surface area contributed by atoms with Gasteiger partial charge in [0.1, 0.15) is 5.75 Å². The van der Waals surface area contributed by atoms with E-state index in [1.165, 1.54) is 6.42 Å². The molecule has 0 radical (unpaired) electrons. The first-order valence-corrected chi connectivity index (χ1v) is 5.87. The standard InChI is InChI=1S/C13H14N2O2/c1-8-5-6-10(11(16)7-8)13-14-12(15-17-13)9-3-2-4-9/h5-7,9,16H,2-4H2,1H3. The first-order valence-electron chi connectivity index (χ1n) is 5.87. The number of aryl methyl sites for hydroxylation is 1. The maximum absolute atomic E-state index is 9.84. The van der Waals surface area contributed by atoms with Gasteiger partial charge in [-0.2, -0.15) is 4.98 Å². The number of rotatable bonds is 2. The second kappa shape index (κ2) is 3.87. The Morgan fingerprint density at radius 3 is 2.82 bits per heavy atom. The zero-order valence-electron chi connectivity index (χ0n) is 9.68. The quantitative estimate of drug-likeness (QED) is 0.861. The molecule has 17 heavy (non-hydrogen) atoms. The lowest BCUT2D eigenvalue weighted by Crippen LogP contribution is -2.10. The topological polar surface area (TPSA) is 59.2 Å². The fourth-order valence-electron chi connectivity index (χ4n) is 2.00. The lowest BCUT2D eigenvalue weighted by Gasteiger charge is -2.20. The van der Waals surface area contributed by atoms with Crippen molar-refractivity contribution in [3.05, 3.63) is 29.6 Å². The van der Waals surface area contributed by atoms with Crippen molar-refractivity contribution < 1.29 is 9.63 Å². The van der Waals surface area contributed by atoms with Crippen molar-refractivity contribution in [2.45, 2.75) is 32.1 Å². The highest BCUT2D eigenvalue weighted by atomic mass is 16.5. The molecule has 0 unspecified atom stereocenters. The maximum Gasteiger partial charge on any atom is 0.261 e. The summed E-state index contributed by atoms with van der Waals surface area (Å²) in [6.45, 7) is 1.93. The van der Waals surface area contributed by atoms with E-state index in [1.54, 1.807) is 6.07 Å². The van der Waals surface area contributed by atoms with Gasteiger partial charge >= 0.3 is 0 Å². The maximum atomic E-state index is 9.84. The van der Waals surface area contributed by atoms with E-state index >= 15 is 0 Å². The van der Waals surface area contributed by atoms with Crippen molar-refractivity contribution in [2.24, 2.45) is 0 Å². The minimum Gasteiger partial charge on any atom is -0.507 e. The molecule has 1 aromatic heterocycles. The summed E-state index contributed by atoms with van der Waals surface area (Å²) in [6, 6.07) is 5.42. The van der Waals surface area contributed by atoms with Gasteiger partial charge in [-0.25, -0.2) is 0 Å². The molecule has 4 nitrogen and oxygen atoms in total. The Bertz CT molecular complexity index is 544. The van der Waals surface area contributed by atoms with E-state index in [1.807, 2.05) is 19.1 Å². The lowest BCUT2D eigenvalue weighted by atomic mass is 9.85. The van der Waals surface area contributed by atoms with Gasteiger partial charge in [0.2, 0.25) is 0 Å². The van der Waals surface area contributed by atoms with Crippen molar-refractivity contribution in [1.82, 2.24) is 10.1 Å². The smallest absolute Gasteiger partial charge is 0.261 e. The number of aromatic hydroxyl groups is 1. The van der Waals surface area contributed by atoms with E-state index in [4.69, 9.17) is 4.52 Å². The summed E-state index contributed by atoms with van der Waals surface area (Å²) >= 11 is 0. The van der Waals surface area contributed by atoms with Crippen LogP contribution in [0.4, 0.5) is 0 Å². The van der Waals surface area contributed by atoms with Gasteiger partial charge in [0.05, 0.1) is 5.56 Å². The summed E-state index contributed by atoms with van der Waals surface area (Å²) < 4.78 is 5.21. The van der Waals surface area contributed by atoms with E-state index in [0.717, 1.165) is 24.2 Å². The molecule has 2 aromatic rings. The highest BCUT2D eigenvalue weighted by molar-refractivity contribution is 5.62. The number of hydrogen-bond donors (Lipinski definition) is 1. The van der Waals surface area contributed by atoms with Crippen molar-refractivity contribution in [3.8, 4) is 17.2 Å². The van der Waals surface area contributed by atoms with Crippen molar-refractivity contribution >= 4 is 0 Å². The fraction of sp³-hybridized carbons (Fsp3) is 0.385. The number of hydrogen-bond acceptors (Lipinski definition) is 4. The average Bonchev–Trinajstić information content (AvgIpc) is 2.64. The molecule has 3 rings (SSSR count). The summed E-state index contributed by atoms with van der Waals surface area (Å²) in [4.78, 5) is 4.36. The number of phenols is 1. The van der Waals surface area contributed by atoms with Crippen LogP contribution in [0.15, 0.2) is 22.7 Å².